The van der Waals surface area contributed by atoms with Gasteiger partial charge in [-0.2, -0.15) is 4.31 Å². The lowest BCUT2D eigenvalue weighted by Crippen LogP contribution is -2.38. The minimum absolute atomic E-state index is 0.0556. The third kappa shape index (κ3) is 4.76. The van der Waals surface area contributed by atoms with Gasteiger partial charge in [-0.25, -0.2) is 12.8 Å². The number of benzene rings is 2. The Morgan fingerprint density at radius 3 is 2.54 bits per heavy atom. The predicted molar refractivity (Wildman–Crippen MR) is 104 cm³/mol. The predicted octanol–water partition coefficient (Wildman–Crippen LogP) is 2.86. The van der Waals surface area contributed by atoms with E-state index in [1.807, 2.05) is 0 Å². The van der Waals surface area contributed by atoms with Crippen LogP contribution in [-0.4, -0.2) is 43.4 Å². The molecule has 1 heterocycles. The number of aliphatic hydroxyl groups excluding tert-OH is 1. The smallest absolute Gasteiger partial charge is 0.255 e. The van der Waals surface area contributed by atoms with E-state index in [0.717, 1.165) is 0 Å². The van der Waals surface area contributed by atoms with Crippen LogP contribution in [0.1, 0.15) is 29.6 Å². The molecular formula is C20H23FN2O4S. The number of carbonyl (C=O) groups excluding carboxylic acids is 1. The summed E-state index contributed by atoms with van der Waals surface area (Å²) < 4.78 is 40.5. The molecule has 1 amide bonds. The zero-order valence-electron chi connectivity index (χ0n) is 15.3. The summed E-state index contributed by atoms with van der Waals surface area (Å²) in [5.74, 6) is -0.650. The van der Waals surface area contributed by atoms with Crippen molar-refractivity contribution >= 4 is 21.6 Å². The first kappa shape index (κ1) is 20.4. The second-order valence-electron chi connectivity index (χ2n) is 6.85. The van der Waals surface area contributed by atoms with Crippen LogP contribution < -0.4 is 5.32 Å². The Kier molecular flexibility index (Phi) is 6.43. The van der Waals surface area contributed by atoms with E-state index >= 15 is 0 Å². The summed E-state index contributed by atoms with van der Waals surface area (Å²) in [5, 5.41) is 11.6. The van der Waals surface area contributed by atoms with Crippen LogP contribution >= 0.6 is 0 Å². The number of rotatable bonds is 6. The van der Waals surface area contributed by atoms with Crippen molar-refractivity contribution in [1.82, 2.24) is 4.31 Å². The lowest BCUT2D eigenvalue weighted by molar-refractivity contribution is 0.102. The number of amides is 1. The molecule has 3 rings (SSSR count). The van der Waals surface area contributed by atoms with E-state index < -0.39 is 21.7 Å². The standard InChI is InChI=1S/C20H23FN2O4S/c21-17-4-2-5-18(14-17)22-20(25)16-3-1-6-19(13-16)28(26,27)23-10-7-15(8-11-23)9-12-24/h1-6,13-15,24H,7-12H2,(H,22,25). The molecule has 2 aromatic carbocycles. The van der Waals surface area contributed by atoms with E-state index in [4.69, 9.17) is 5.11 Å². The number of carbonyl (C=O) groups is 1. The molecule has 150 valence electrons. The molecule has 0 unspecified atom stereocenters. The number of nitrogens with zero attached hydrogens (tertiary/aromatic N) is 1. The van der Waals surface area contributed by atoms with Gasteiger partial charge in [-0.15, -0.1) is 0 Å². The summed E-state index contributed by atoms with van der Waals surface area (Å²) >= 11 is 0. The van der Waals surface area contributed by atoms with Crippen LogP contribution in [0, 0.1) is 11.7 Å². The van der Waals surface area contributed by atoms with E-state index in [0.29, 0.717) is 44.0 Å². The Morgan fingerprint density at radius 1 is 1.14 bits per heavy atom. The molecule has 2 aromatic rings. The number of nitrogens with one attached hydrogen (secondary N) is 1. The monoisotopic (exact) mass is 406 g/mol. The van der Waals surface area contributed by atoms with Crippen LogP contribution in [0.15, 0.2) is 53.4 Å². The zero-order chi connectivity index (χ0) is 20.1. The van der Waals surface area contributed by atoms with Crippen LogP contribution in [0.25, 0.3) is 0 Å². The molecule has 1 aliphatic rings. The van der Waals surface area contributed by atoms with Crippen molar-refractivity contribution < 1.29 is 22.7 Å². The maximum Gasteiger partial charge on any atom is 0.255 e. The molecule has 2 N–H and O–H groups in total. The Hall–Kier alpha value is -2.29. The molecule has 8 heteroatoms. The third-order valence-electron chi connectivity index (χ3n) is 4.93. The van der Waals surface area contributed by atoms with Crippen LogP contribution in [0.4, 0.5) is 10.1 Å². The second kappa shape index (κ2) is 8.81. The molecule has 0 saturated carbocycles. The van der Waals surface area contributed by atoms with Gasteiger partial charge in [0.25, 0.3) is 5.91 Å². The van der Waals surface area contributed by atoms with Gasteiger partial charge in [0.2, 0.25) is 10.0 Å². The molecule has 0 atom stereocenters. The Morgan fingerprint density at radius 2 is 1.86 bits per heavy atom. The fourth-order valence-electron chi connectivity index (χ4n) is 3.34. The number of halogens is 1. The Bertz CT molecular complexity index is 941. The third-order valence-corrected chi connectivity index (χ3v) is 6.82. The van der Waals surface area contributed by atoms with Gasteiger partial charge in [0.05, 0.1) is 4.90 Å². The van der Waals surface area contributed by atoms with Crippen molar-refractivity contribution in [2.24, 2.45) is 5.92 Å². The lowest BCUT2D eigenvalue weighted by atomic mass is 9.95. The van der Waals surface area contributed by atoms with Crippen LogP contribution in [-0.2, 0) is 10.0 Å². The SMILES string of the molecule is O=C(Nc1cccc(F)c1)c1cccc(S(=O)(=O)N2CCC(CCO)CC2)c1. The molecular weight excluding hydrogens is 383 g/mol. The molecule has 1 aliphatic heterocycles. The van der Waals surface area contributed by atoms with Crippen molar-refractivity contribution in [3.05, 3.63) is 59.9 Å². The molecule has 0 aliphatic carbocycles. The number of aliphatic hydroxyl groups is 1. The van der Waals surface area contributed by atoms with Gasteiger partial charge in [0, 0.05) is 30.9 Å². The molecule has 6 nitrogen and oxygen atoms in total. The van der Waals surface area contributed by atoms with Crippen molar-refractivity contribution in [2.75, 3.05) is 25.0 Å². The van der Waals surface area contributed by atoms with E-state index in [1.54, 1.807) is 6.07 Å². The molecule has 28 heavy (non-hydrogen) atoms. The van der Waals surface area contributed by atoms with Crippen LogP contribution in [0.3, 0.4) is 0 Å². The molecule has 1 fully saturated rings. The average Bonchev–Trinajstić information content (AvgIpc) is 2.69. The molecule has 0 spiro atoms. The van der Waals surface area contributed by atoms with E-state index in [-0.39, 0.29) is 17.1 Å². The van der Waals surface area contributed by atoms with Crippen molar-refractivity contribution in [2.45, 2.75) is 24.2 Å². The van der Waals surface area contributed by atoms with E-state index in [1.165, 1.54) is 46.8 Å². The van der Waals surface area contributed by atoms with Gasteiger partial charge in [-0.1, -0.05) is 12.1 Å². The Labute approximate surface area is 164 Å². The van der Waals surface area contributed by atoms with Gasteiger partial charge < -0.3 is 10.4 Å². The van der Waals surface area contributed by atoms with Gasteiger partial charge in [0.15, 0.2) is 0 Å². The van der Waals surface area contributed by atoms with Crippen LogP contribution in [0.2, 0.25) is 0 Å². The van der Waals surface area contributed by atoms with Gasteiger partial charge in [-0.05, 0) is 61.6 Å². The maximum absolute atomic E-state index is 13.3. The summed E-state index contributed by atoms with van der Waals surface area (Å²) in [6.07, 6.45) is 2.10. The second-order valence-corrected chi connectivity index (χ2v) is 8.79. The first-order valence-electron chi connectivity index (χ1n) is 9.18. The minimum atomic E-state index is -3.71. The molecule has 0 bridgehead atoms. The first-order chi connectivity index (χ1) is 13.4. The number of anilines is 1. The summed E-state index contributed by atoms with van der Waals surface area (Å²) in [5.41, 5.74) is 0.477. The number of piperidine rings is 1. The highest BCUT2D eigenvalue weighted by atomic mass is 32.2. The quantitative estimate of drug-likeness (QED) is 0.772. The van der Waals surface area contributed by atoms with Crippen molar-refractivity contribution in [3.8, 4) is 0 Å². The maximum atomic E-state index is 13.3. The highest BCUT2D eigenvalue weighted by Gasteiger charge is 2.29. The fourth-order valence-corrected chi connectivity index (χ4v) is 4.85. The summed E-state index contributed by atoms with van der Waals surface area (Å²) in [4.78, 5) is 12.5. The number of sulfonamides is 1. The van der Waals surface area contributed by atoms with Crippen molar-refractivity contribution in [3.63, 3.8) is 0 Å². The molecule has 0 radical (unpaired) electrons. The first-order valence-corrected chi connectivity index (χ1v) is 10.6. The number of hydrogen-bond donors (Lipinski definition) is 2. The van der Waals surface area contributed by atoms with E-state index in [2.05, 4.69) is 5.32 Å². The molecule has 1 saturated heterocycles. The topological polar surface area (TPSA) is 86.7 Å². The van der Waals surface area contributed by atoms with Crippen molar-refractivity contribution in [1.29, 1.82) is 0 Å². The van der Waals surface area contributed by atoms with Gasteiger partial charge in [0.1, 0.15) is 5.82 Å². The highest BCUT2D eigenvalue weighted by molar-refractivity contribution is 7.89. The minimum Gasteiger partial charge on any atom is -0.396 e. The fraction of sp³-hybridized carbons (Fsp3) is 0.350. The summed E-state index contributed by atoms with van der Waals surface area (Å²) in [6.45, 7) is 0.902. The van der Waals surface area contributed by atoms with Crippen LogP contribution in [0.5, 0.6) is 0 Å². The van der Waals surface area contributed by atoms with Gasteiger partial charge in [-0.3, -0.25) is 4.79 Å². The molecule has 0 aromatic heterocycles. The lowest BCUT2D eigenvalue weighted by Gasteiger charge is -2.31. The van der Waals surface area contributed by atoms with E-state index in [9.17, 15) is 17.6 Å². The number of hydrogen-bond acceptors (Lipinski definition) is 4. The summed E-state index contributed by atoms with van der Waals surface area (Å²) in [6, 6.07) is 11.3. The largest absolute Gasteiger partial charge is 0.396 e. The summed E-state index contributed by atoms with van der Waals surface area (Å²) in [7, 11) is -3.71. The average molecular weight is 406 g/mol. The van der Waals surface area contributed by atoms with Gasteiger partial charge >= 0.3 is 0 Å². The normalized spacial score (nSPS) is 16.1. The Balaban J connectivity index is 1.74. The highest BCUT2D eigenvalue weighted by Crippen LogP contribution is 2.26. The zero-order valence-corrected chi connectivity index (χ0v) is 16.2.